The summed E-state index contributed by atoms with van der Waals surface area (Å²) in [6.45, 7) is 3.15. The summed E-state index contributed by atoms with van der Waals surface area (Å²) >= 11 is 5.36. The van der Waals surface area contributed by atoms with Gasteiger partial charge >= 0.3 is 0 Å². The van der Waals surface area contributed by atoms with Crippen molar-refractivity contribution in [3.8, 4) is 0 Å². The Morgan fingerprint density at radius 1 is 1.26 bits per heavy atom. The Morgan fingerprint density at radius 3 is 2.74 bits per heavy atom. The molecule has 1 fully saturated rings. The van der Waals surface area contributed by atoms with Crippen molar-refractivity contribution < 1.29 is 0 Å². The minimum atomic E-state index is 0. The van der Waals surface area contributed by atoms with Gasteiger partial charge in [0.1, 0.15) is 0 Å². The molecule has 1 saturated heterocycles. The number of hydrogen-bond donors (Lipinski definition) is 2. The van der Waals surface area contributed by atoms with Gasteiger partial charge in [0.05, 0.1) is 5.00 Å². The molecule has 0 spiro atoms. The van der Waals surface area contributed by atoms with E-state index >= 15 is 0 Å². The molecule has 0 amide bonds. The van der Waals surface area contributed by atoms with Gasteiger partial charge in [0, 0.05) is 37.2 Å². The van der Waals surface area contributed by atoms with Crippen LogP contribution >= 0.6 is 51.2 Å². The lowest BCUT2D eigenvalue weighted by atomic mass is 10.1. The van der Waals surface area contributed by atoms with Crippen LogP contribution in [0.15, 0.2) is 51.2 Å². The molecule has 27 heavy (non-hydrogen) atoms. The Morgan fingerprint density at radius 2 is 2.07 bits per heavy atom. The highest BCUT2D eigenvalue weighted by atomic mass is 127. The number of aryl methyl sites for hydroxylation is 1. The van der Waals surface area contributed by atoms with Crippen LogP contribution in [-0.4, -0.2) is 38.7 Å². The highest BCUT2D eigenvalue weighted by molar-refractivity contribution is 14.0. The fourth-order valence-corrected chi connectivity index (χ4v) is 4.51. The maximum absolute atomic E-state index is 4.39. The Kier molecular flexibility index (Phi) is 9.92. The zero-order valence-corrected chi connectivity index (χ0v) is 20.4. The van der Waals surface area contributed by atoms with Gasteiger partial charge in [-0.05, 0) is 60.9 Å². The summed E-state index contributed by atoms with van der Waals surface area (Å²) in [5.41, 5.74) is 1.37. The highest BCUT2D eigenvalue weighted by Crippen LogP contribution is 2.24. The molecule has 1 aliphatic rings. The van der Waals surface area contributed by atoms with E-state index < -0.39 is 0 Å². The molecule has 1 aliphatic heterocycles. The minimum absolute atomic E-state index is 0. The number of rotatable bonds is 6. The molecule has 0 radical (unpaired) electrons. The molecule has 0 saturated carbocycles. The van der Waals surface area contributed by atoms with Crippen molar-refractivity contribution in [1.29, 1.82) is 0 Å². The fourth-order valence-electron chi connectivity index (χ4n) is 3.27. The maximum Gasteiger partial charge on any atom is 0.191 e. The van der Waals surface area contributed by atoms with E-state index in [1.807, 2.05) is 18.4 Å². The third-order valence-corrected chi connectivity index (χ3v) is 6.12. The summed E-state index contributed by atoms with van der Waals surface area (Å²) in [7, 11) is 1.85. The highest BCUT2D eigenvalue weighted by Gasteiger charge is 2.20. The molecule has 3 rings (SSSR count). The van der Waals surface area contributed by atoms with Crippen molar-refractivity contribution in [3.63, 3.8) is 0 Å². The molecule has 0 atom stereocenters. The molecule has 148 valence electrons. The first-order valence-electron chi connectivity index (χ1n) is 9.24. The molecule has 2 aromatic rings. The number of thiophene rings is 1. The van der Waals surface area contributed by atoms with Crippen LogP contribution in [-0.2, 0) is 6.42 Å². The molecule has 4 nitrogen and oxygen atoms in total. The number of anilines is 1. The van der Waals surface area contributed by atoms with Crippen LogP contribution in [0.4, 0.5) is 5.00 Å². The summed E-state index contributed by atoms with van der Waals surface area (Å²) in [5, 5.41) is 10.6. The number of benzene rings is 1. The number of piperidine rings is 1. The molecule has 2 N–H and O–H groups in total. The zero-order chi connectivity index (χ0) is 18.2. The number of halogens is 2. The standard InChI is InChI=1S/C20H27BrN4S.HI/c1-22-20(23-11-3-6-16-5-2-7-17(21)15-16)24-18-9-12-25(13-10-18)19-8-4-14-26-19;/h2,4-5,7-8,14-15,18H,3,6,9-13H2,1H3,(H2,22,23,24);1H. The van der Waals surface area contributed by atoms with Gasteiger partial charge in [-0.3, -0.25) is 4.99 Å². The molecule has 0 bridgehead atoms. The molecule has 2 heterocycles. The van der Waals surface area contributed by atoms with Crippen molar-refractivity contribution >= 4 is 62.2 Å². The number of nitrogens with one attached hydrogen (secondary N) is 2. The van der Waals surface area contributed by atoms with Gasteiger partial charge in [-0.2, -0.15) is 0 Å². The first-order chi connectivity index (χ1) is 12.7. The average Bonchev–Trinajstić information content (AvgIpc) is 3.19. The third kappa shape index (κ3) is 7.27. The zero-order valence-electron chi connectivity index (χ0n) is 15.7. The number of hydrogen-bond acceptors (Lipinski definition) is 3. The van der Waals surface area contributed by atoms with Crippen LogP contribution in [0.2, 0.25) is 0 Å². The van der Waals surface area contributed by atoms with Crippen LogP contribution < -0.4 is 15.5 Å². The van der Waals surface area contributed by atoms with Crippen molar-refractivity contribution in [1.82, 2.24) is 10.6 Å². The summed E-state index contributed by atoms with van der Waals surface area (Å²) in [4.78, 5) is 6.87. The average molecular weight is 563 g/mol. The van der Waals surface area contributed by atoms with Gasteiger partial charge in [0.15, 0.2) is 5.96 Å². The lowest BCUT2D eigenvalue weighted by Crippen LogP contribution is -2.48. The quantitative estimate of drug-likeness (QED) is 0.228. The Balaban J connectivity index is 0.00000261. The lowest BCUT2D eigenvalue weighted by molar-refractivity contribution is 0.462. The summed E-state index contributed by atoms with van der Waals surface area (Å²) < 4.78 is 1.15. The number of guanidine groups is 1. The summed E-state index contributed by atoms with van der Waals surface area (Å²) in [5.74, 6) is 0.925. The van der Waals surface area contributed by atoms with Crippen molar-refractivity contribution in [2.75, 3.05) is 31.6 Å². The minimum Gasteiger partial charge on any atom is -0.363 e. The molecule has 7 heteroatoms. The Hall–Kier alpha value is -0.800. The van der Waals surface area contributed by atoms with Gasteiger partial charge < -0.3 is 15.5 Å². The maximum atomic E-state index is 4.39. The van der Waals surface area contributed by atoms with Crippen molar-refractivity contribution in [2.24, 2.45) is 4.99 Å². The van der Waals surface area contributed by atoms with Gasteiger partial charge in [-0.1, -0.05) is 28.1 Å². The van der Waals surface area contributed by atoms with E-state index in [0.717, 1.165) is 55.7 Å². The Labute approximate surface area is 192 Å². The third-order valence-electron chi connectivity index (χ3n) is 4.70. The van der Waals surface area contributed by atoms with Gasteiger partial charge in [-0.25, -0.2) is 0 Å². The van der Waals surface area contributed by atoms with E-state index in [-0.39, 0.29) is 24.0 Å². The van der Waals surface area contributed by atoms with E-state index in [0.29, 0.717) is 6.04 Å². The molecule has 0 aliphatic carbocycles. The number of aliphatic imine (C=N–C) groups is 1. The monoisotopic (exact) mass is 562 g/mol. The molecular weight excluding hydrogens is 535 g/mol. The SMILES string of the molecule is CN=C(NCCCc1cccc(Br)c1)NC1CCN(c2cccs2)CC1.I. The van der Waals surface area contributed by atoms with Crippen LogP contribution in [0, 0.1) is 0 Å². The fraction of sp³-hybridized carbons (Fsp3) is 0.450. The second-order valence-electron chi connectivity index (χ2n) is 6.59. The molecule has 0 unspecified atom stereocenters. The smallest absolute Gasteiger partial charge is 0.191 e. The van der Waals surface area contributed by atoms with Crippen molar-refractivity contribution in [3.05, 3.63) is 51.8 Å². The predicted molar refractivity (Wildman–Crippen MR) is 132 cm³/mol. The second-order valence-corrected chi connectivity index (χ2v) is 8.43. The molecule has 1 aromatic heterocycles. The topological polar surface area (TPSA) is 39.7 Å². The largest absolute Gasteiger partial charge is 0.363 e. The normalized spacial score (nSPS) is 15.3. The van der Waals surface area contributed by atoms with Crippen LogP contribution in [0.25, 0.3) is 0 Å². The first kappa shape index (κ1) is 22.5. The van der Waals surface area contributed by atoms with Gasteiger partial charge in [0.25, 0.3) is 0 Å². The molecular formula is C20H28BrIN4S. The van der Waals surface area contributed by atoms with E-state index in [1.54, 1.807) is 0 Å². The van der Waals surface area contributed by atoms with E-state index in [4.69, 9.17) is 0 Å². The van der Waals surface area contributed by atoms with E-state index in [1.165, 1.54) is 10.6 Å². The van der Waals surface area contributed by atoms with Gasteiger partial charge in [0.2, 0.25) is 0 Å². The summed E-state index contributed by atoms with van der Waals surface area (Å²) in [6, 6.07) is 13.4. The van der Waals surface area contributed by atoms with Crippen LogP contribution in [0.5, 0.6) is 0 Å². The van der Waals surface area contributed by atoms with Crippen LogP contribution in [0.1, 0.15) is 24.8 Å². The predicted octanol–water partition coefficient (Wildman–Crippen LogP) is 4.90. The van der Waals surface area contributed by atoms with E-state index in [9.17, 15) is 0 Å². The second kappa shape index (κ2) is 11.9. The van der Waals surface area contributed by atoms with Crippen molar-refractivity contribution in [2.45, 2.75) is 31.7 Å². The van der Waals surface area contributed by atoms with Crippen LogP contribution in [0.3, 0.4) is 0 Å². The lowest BCUT2D eigenvalue weighted by Gasteiger charge is -2.33. The molecule has 1 aromatic carbocycles. The number of nitrogens with zero attached hydrogens (tertiary/aromatic N) is 2. The van der Waals surface area contributed by atoms with E-state index in [2.05, 4.69) is 78.2 Å². The summed E-state index contributed by atoms with van der Waals surface area (Å²) in [6.07, 6.45) is 4.46. The first-order valence-corrected chi connectivity index (χ1v) is 10.9. The Bertz CT molecular complexity index is 700. The van der Waals surface area contributed by atoms with Gasteiger partial charge in [-0.15, -0.1) is 35.3 Å².